The van der Waals surface area contributed by atoms with Crippen molar-refractivity contribution in [1.29, 1.82) is 0 Å². The van der Waals surface area contributed by atoms with E-state index in [0.717, 1.165) is 49.2 Å². The lowest BCUT2D eigenvalue weighted by molar-refractivity contribution is -0.137. The maximum absolute atomic E-state index is 11.6. The zero-order valence-electron chi connectivity index (χ0n) is 13.4. The molecule has 3 nitrogen and oxygen atoms in total. The molecule has 0 saturated carbocycles. The van der Waals surface area contributed by atoms with Crippen molar-refractivity contribution in [3.63, 3.8) is 0 Å². The van der Waals surface area contributed by atoms with E-state index in [1.807, 2.05) is 31.2 Å². The summed E-state index contributed by atoms with van der Waals surface area (Å²) in [5.74, 6) is 0.600. The molecule has 0 aromatic heterocycles. The van der Waals surface area contributed by atoms with Crippen molar-refractivity contribution < 1.29 is 14.3 Å². The van der Waals surface area contributed by atoms with Crippen LogP contribution in [0.4, 0.5) is 0 Å². The summed E-state index contributed by atoms with van der Waals surface area (Å²) in [6.45, 7) is 7.20. The molecule has 0 radical (unpaired) electrons. The van der Waals surface area contributed by atoms with Gasteiger partial charge in [0.2, 0.25) is 0 Å². The highest BCUT2D eigenvalue weighted by molar-refractivity contribution is 5.91. The van der Waals surface area contributed by atoms with Crippen LogP contribution in [0.1, 0.15) is 52.0 Å². The van der Waals surface area contributed by atoms with Crippen LogP contribution in [0, 0.1) is 0 Å². The molecule has 0 N–H and O–H groups in total. The van der Waals surface area contributed by atoms with Gasteiger partial charge in [-0.15, -0.1) is 0 Å². The number of allylic oxidation sites excluding steroid dienone is 1. The van der Waals surface area contributed by atoms with Gasteiger partial charge in [-0.25, -0.2) is 4.79 Å². The minimum atomic E-state index is -0.274. The molecule has 0 aliphatic heterocycles. The second-order valence-electron chi connectivity index (χ2n) is 4.90. The van der Waals surface area contributed by atoms with Crippen LogP contribution in [0.15, 0.2) is 30.3 Å². The van der Waals surface area contributed by atoms with Crippen molar-refractivity contribution in [1.82, 2.24) is 0 Å². The summed E-state index contributed by atoms with van der Waals surface area (Å²) in [5.41, 5.74) is 2.06. The van der Waals surface area contributed by atoms with Gasteiger partial charge in [0.1, 0.15) is 5.75 Å². The minimum absolute atomic E-state index is 0.274. The van der Waals surface area contributed by atoms with Crippen LogP contribution in [0.2, 0.25) is 0 Å². The smallest absolute Gasteiger partial charge is 0.331 e. The van der Waals surface area contributed by atoms with Gasteiger partial charge < -0.3 is 9.47 Å². The van der Waals surface area contributed by atoms with Crippen LogP contribution < -0.4 is 4.74 Å². The lowest BCUT2D eigenvalue weighted by Gasteiger charge is -2.09. The summed E-state index contributed by atoms with van der Waals surface area (Å²) < 4.78 is 10.6. The van der Waals surface area contributed by atoms with Gasteiger partial charge in [-0.05, 0) is 43.0 Å². The largest absolute Gasteiger partial charge is 0.494 e. The SMILES string of the molecule is CCCCOc1ccc(C(=CC(=O)OCC)CCC)cc1. The van der Waals surface area contributed by atoms with Gasteiger partial charge in [0, 0.05) is 6.08 Å². The van der Waals surface area contributed by atoms with Gasteiger partial charge in [0.15, 0.2) is 0 Å². The third kappa shape index (κ3) is 6.48. The highest BCUT2D eigenvalue weighted by Gasteiger charge is 2.05. The number of carbonyl (C=O) groups excluding carboxylic acids is 1. The van der Waals surface area contributed by atoms with Crippen molar-refractivity contribution in [2.24, 2.45) is 0 Å². The quantitative estimate of drug-likeness (QED) is 0.378. The summed E-state index contributed by atoms with van der Waals surface area (Å²) in [5, 5.41) is 0. The lowest BCUT2D eigenvalue weighted by Crippen LogP contribution is -2.01. The van der Waals surface area contributed by atoms with Crippen LogP contribution in [0.3, 0.4) is 0 Å². The van der Waals surface area contributed by atoms with Gasteiger partial charge in [-0.3, -0.25) is 0 Å². The molecule has 0 aliphatic rings. The molecule has 1 aromatic carbocycles. The molecule has 21 heavy (non-hydrogen) atoms. The van der Waals surface area contributed by atoms with E-state index in [0.29, 0.717) is 6.61 Å². The fourth-order valence-electron chi connectivity index (χ4n) is 1.99. The van der Waals surface area contributed by atoms with E-state index in [9.17, 15) is 4.79 Å². The Morgan fingerprint density at radius 2 is 1.81 bits per heavy atom. The van der Waals surface area contributed by atoms with E-state index >= 15 is 0 Å². The third-order valence-electron chi connectivity index (χ3n) is 3.09. The molecule has 0 fully saturated rings. The van der Waals surface area contributed by atoms with Crippen LogP contribution in [0.5, 0.6) is 5.75 Å². The first-order valence-electron chi connectivity index (χ1n) is 7.81. The van der Waals surface area contributed by atoms with Gasteiger partial charge in [-0.1, -0.05) is 38.8 Å². The molecule has 0 saturated heterocycles. The summed E-state index contributed by atoms with van der Waals surface area (Å²) in [6.07, 6.45) is 5.63. The van der Waals surface area contributed by atoms with Crippen molar-refractivity contribution in [2.45, 2.75) is 46.5 Å². The first-order valence-corrected chi connectivity index (χ1v) is 7.81. The van der Waals surface area contributed by atoms with E-state index in [2.05, 4.69) is 13.8 Å². The molecule has 0 atom stereocenters. The summed E-state index contributed by atoms with van der Waals surface area (Å²) in [6, 6.07) is 7.92. The van der Waals surface area contributed by atoms with Crippen LogP contribution in [-0.2, 0) is 9.53 Å². The first-order chi connectivity index (χ1) is 10.2. The third-order valence-corrected chi connectivity index (χ3v) is 3.09. The summed E-state index contributed by atoms with van der Waals surface area (Å²) in [7, 11) is 0. The van der Waals surface area contributed by atoms with Crippen molar-refractivity contribution in [2.75, 3.05) is 13.2 Å². The Kier molecular flexibility index (Phi) is 8.25. The van der Waals surface area contributed by atoms with E-state index < -0.39 is 0 Å². The fourth-order valence-corrected chi connectivity index (χ4v) is 1.99. The molecule has 0 bridgehead atoms. The molecular formula is C18H26O3. The molecule has 1 rings (SSSR count). The number of carbonyl (C=O) groups is 1. The minimum Gasteiger partial charge on any atom is -0.494 e. The molecule has 0 spiro atoms. The number of unbranched alkanes of at least 4 members (excludes halogenated alkanes) is 1. The van der Waals surface area contributed by atoms with E-state index in [1.165, 1.54) is 0 Å². The van der Waals surface area contributed by atoms with Crippen LogP contribution in [-0.4, -0.2) is 19.2 Å². The second kappa shape index (κ2) is 10.0. The molecule has 0 heterocycles. The fraction of sp³-hybridized carbons (Fsp3) is 0.500. The average Bonchev–Trinajstić information content (AvgIpc) is 2.48. The average molecular weight is 290 g/mol. The Morgan fingerprint density at radius 3 is 2.38 bits per heavy atom. The Labute approximate surface area is 128 Å². The maximum Gasteiger partial charge on any atom is 0.331 e. The predicted molar refractivity (Wildman–Crippen MR) is 86.4 cm³/mol. The Morgan fingerprint density at radius 1 is 1.10 bits per heavy atom. The number of esters is 1. The highest BCUT2D eigenvalue weighted by atomic mass is 16.5. The number of hydrogen-bond acceptors (Lipinski definition) is 3. The van der Waals surface area contributed by atoms with Crippen LogP contribution in [0.25, 0.3) is 5.57 Å². The van der Waals surface area contributed by atoms with Gasteiger partial charge in [-0.2, -0.15) is 0 Å². The number of ether oxygens (including phenoxy) is 2. The van der Waals surface area contributed by atoms with E-state index in [-0.39, 0.29) is 5.97 Å². The summed E-state index contributed by atoms with van der Waals surface area (Å²) >= 11 is 0. The summed E-state index contributed by atoms with van der Waals surface area (Å²) in [4.78, 5) is 11.6. The van der Waals surface area contributed by atoms with Crippen molar-refractivity contribution >= 4 is 11.5 Å². The Bertz CT molecular complexity index is 446. The zero-order chi connectivity index (χ0) is 15.5. The highest BCUT2D eigenvalue weighted by Crippen LogP contribution is 2.23. The van der Waals surface area contributed by atoms with E-state index in [4.69, 9.17) is 9.47 Å². The molecule has 0 aliphatic carbocycles. The molecule has 1 aromatic rings. The molecule has 3 heteroatoms. The topological polar surface area (TPSA) is 35.5 Å². The van der Waals surface area contributed by atoms with Crippen molar-refractivity contribution in [3.05, 3.63) is 35.9 Å². The monoisotopic (exact) mass is 290 g/mol. The van der Waals surface area contributed by atoms with Gasteiger partial charge >= 0.3 is 5.97 Å². The molecule has 0 amide bonds. The normalized spacial score (nSPS) is 11.3. The first kappa shape index (κ1) is 17.3. The Hall–Kier alpha value is -1.77. The van der Waals surface area contributed by atoms with Crippen molar-refractivity contribution in [3.8, 4) is 5.75 Å². The lowest BCUT2D eigenvalue weighted by atomic mass is 10.0. The zero-order valence-corrected chi connectivity index (χ0v) is 13.4. The number of rotatable bonds is 9. The standard InChI is InChI=1S/C18H26O3/c1-4-7-13-21-17-11-9-15(10-12-17)16(8-5-2)14-18(19)20-6-3/h9-12,14H,4-8,13H2,1-3H3. The second-order valence-corrected chi connectivity index (χ2v) is 4.90. The molecule has 0 unspecified atom stereocenters. The number of benzene rings is 1. The van der Waals surface area contributed by atoms with Crippen LogP contribution >= 0.6 is 0 Å². The van der Waals surface area contributed by atoms with Gasteiger partial charge in [0.25, 0.3) is 0 Å². The number of hydrogen-bond donors (Lipinski definition) is 0. The predicted octanol–water partition coefficient (Wildman–Crippen LogP) is 4.61. The Balaban J connectivity index is 2.77. The maximum atomic E-state index is 11.6. The van der Waals surface area contributed by atoms with E-state index in [1.54, 1.807) is 6.08 Å². The molecule has 116 valence electrons. The van der Waals surface area contributed by atoms with Gasteiger partial charge in [0.05, 0.1) is 13.2 Å². The molecular weight excluding hydrogens is 264 g/mol.